The number of piperazine rings is 1. The summed E-state index contributed by atoms with van der Waals surface area (Å²) < 4.78 is 19.0. The van der Waals surface area contributed by atoms with E-state index in [1.54, 1.807) is 27.4 Å². The van der Waals surface area contributed by atoms with E-state index in [2.05, 4.69) is 40.1 Å². The maximum Gasteiger partial charge on any atom is 0.268 e. The van der Waals surface area contributed by atoms with Crippen molar-refractivity contribution in [3.8, 4) is 17.2 Å². The van der Waals surface area contributed by atoms with Gasteiger partial charge in [0, 0.05) is 39.3 Å². The zero-order chi connectivity index (χ0) is 22.5. The molecule has 1 aromatic heterocycles. The van der Waals surface area contributed by atoms with Crippen molar-refractivity contribution in [1.29, 1.82) is 0 Å². The largest absolute Gasteiger partial charge is 0.493 e. The van der Waals surface area contributed by atoms with Crippen LogP contribution in [0.5, 0.6) is 17.2 Å². The molecule has 0 unspecified atom stereocenters. The minimum absolute atomic E-state index is 0.00284. The highest BCUT2D eigenvalue weighted by atomic mass is 32.1. The summed E-state index contributed by atoms with van der Waals surface area (Å²) in [5.41, 5.74) is 1.37. The highest BCUT2D eigenvalue weighted by Gasteiger charge is 2.21. The second-order valence-corrected chi connectivity index (χ2v) is 9.01. The maximum absolute atomic E-state index is 13.0. The number of methoxy groups -OCH3 is 3. The van der Waals surface area contributed by atoms with Gasteiger partial charge in [-0.15, -0.1) is 0 Å². The molecule has 32 heavy (non-hydrogen) atoms. The lowest BCUT2D eigenvalue weighted by Crippen LogP contribution is -2.46. The third-order valence-corrected chi connectivity index (χ3v) is 7.15. The quantitative estimate of drug-likeness (QED) is 0.492. The minimum Gasteiger partial charge on any atom is -0.493 e. The van der Waals surface area contributed by atoms with Gasteiger partial charge in [0.05, 0.1) is 26.7 Å². The summed E-state index contributed by atoms with van der Waals surface area (Å²) >= 11 is 1.43. The van der Waals surface area contributed by atoms with E-state index >= 15 is 0 Å². The molecule has 0 aliphatic carbocycles. The topological polar surface area (TPSA) is 56.2 Å². The molecule has 0 amide bonds. The van der Waals surface area contributed by atoms with E-state index in [4.69, 9.17) is 14.2 Å². The summed E-state index contributed by atoms with van der Waals surface area (Å²) in [6.07, 6.45) is 0.933. The third kappa shape index (κ3) is 4.77. The van der Waals surface area contributed by atoms with Gasteiger partial charge in [0.25, 0.3) is 5.56 Å². The van der Waals surface area contributed by atoms with Crippen LogP contribution in [0.4, 0.5) is 0 Å². The monoisotopic (exact) mass is 457 g/mol. The highest BCUT2D eigenvalue weighted by molar-refractivity contribution is 7.14. The molecular formula is C24H31N3O4S. The molecule has 2 heterocycles. The SMILES string of the molecule is COc1cc2c(=O)n(CCCN3CCN(Cc4ccccc4)CC3)sc2c(OC)c1OC. The van der Waals surface area contributed by atoms with Crippen LogP contribution in [0.15, 0.2) is 41.2 Å². The second-order valence-electron chi connectivity index (χ2n) is 7.98. The number of aryl methyl sites for hydroxylation is 1. The molecule has 0 spiro atoms. The summed E-state index contributed by atoms with van der Waals surface area (Å²) in [4.78, 5) is 18.0. The van der Waals surface area contributed by atoms with Gasteiger partial charge in [-0.25, -0.2) is 0 Å². The van der Waals surface area contributed by atoms with Crippen LogP contribution in [0.3, 0.4) is 0 Å². The lowest BCUT2D eigenvalue weighted by atomic mass is 10.2. The van der Waals surface area contributed by atoms with Crippen molar-refractivity contribution < 1.29 is 14.2 Å². The van der Waals surface area contributed by atoms with Crippen molar-refractivity contribution >= 4 is 21.6 Å². The first-order chi connectivity index (χ1) is 15.6. The molecule has 4 rings (SSSR count). The molecule has 1 aliphatic rings. The average Bonchev–Trinajstić information content (AvgIpc) is 3.14. The molecule has 3 aromatic rings. The van der Waals surface area contributed by atoms with Crippen molar-refractivity contribution in [1.82, 2.24) is 13.8 Å². The molecule has 0 saturated carbocycles. The molecular weight excluding hydrogens is 426 g/mol. The van der Waals surface area contributed by atoms with Gasteiger partial charge in [-0.3, -0.25) is 13.7 Å². The number of ether oxygens (including phenoxy) is 3. The molecule has 0 bridgehead atoms. The number of benzene rings is 2. The summed E-state index contributed by atoms with van der Waals surface area (Å²) in [6, 6.07) is 12.4. The normalized spacial score (nSPS) is 15.2. The zero-order valence-electron chi connectivity index (χ0n) is 19.0. The Bertz CT molecular complexity index is 1090. The van der Waals surface area contributed by atoms with Crippen LogP contribution in [0.1, 0.15) is 12.0 Å². The van der Waals surface area contributed by atoms with Crippen molar-refractivity contribution in [3.05, 3.63) is 52.3 Å². The Hall–Kier alpha value is -2.55. The molecule has 7 nitrogen and oxygen atoms in total. The number of aromatic nitrogens is 1. The van der Waals surface area contributed by atoms with Crippen molar-refractivity contribution in [2.24, 2.45) is 0 Å². The summed E-state index contributed by atoms with van der Waals surface area (Å²) in [7, 11) is 4.72. The Morgan fingerprint density at radius 2 is 1.56 bits per heavy atom. The van der Waals surface area contributed by atoms with Gasteiger partial charge in [0.15, 0.2) is 11.5 Å². The van der Waals surface area contributed by atoms with Gasteiger partial charge in [-0.2, -0.15) is 0 Å². The molecule has 1 fully saturated rings. The van der Waals surface area contributed by atoms with E-state index in [-0.39, 0.29) is 5.56 Å². The van der Waals surface area contributed by atoms with E-state index in [9.17, 15) is 4.79 Å². The van der Waals surface area contributed by atoms with Crippen LogP contribution >= 0.6 is 11.5 Å². The fraction of sp³-hybridized carbons (Fsp3) is 0.458. The summed E-state index contributed by atoms with van der Waals surface area (Å²) in [5, 5.41) is 0.610. The molecule has 1 saturated heterocycles. The van der Waals surface area contributed by atoms with Gasteiger partial charge < -0.3 is 19.1 Å². The number of rotatable bonds is 9. The lowest BCUT2D eigenvalue weighted by molar-refractivity contribution is 0.125. The van der Waals surface area contributed by atoms with Crippen LogP contribution in [-0.2, 0) is 13.1 Å². The van der Waals surface area contributed by atoms with Crippen LogP contribution in [0, 0.1) is 0 Å². The molecule has 0 radical (unpaired) electrons. The Balaban J connectivity index is 1.35. The number of hydrogen-bond donors (Lipinski definition) is 0. The fourth-order valence-corrected chi connectivity index (χ4v) is 5.39. The van der Waals surface area contributed by atoms with E-state index in [0.717, 1.165) is 50.4 Å². The second kappa shape index (κ2) is 10.4. The van der Waals surface area contributed by atoms with Gasteiger partial charge in [0.1, 0.15) is 4.70 Å². The number of nitrogens with zero attached hydrogens (tertiary/aromatic N) is 3. The predicted octanol–water partition coefficient (Wildman–Crippen LogP) is 3.30. The van der Waals surface area contributed by atoms with Crippen LogP contribution < -0.4 is 19.8 Å². The molecule has 172 valence electrons. The van der Waals surface area contributed by atoms with Crippen LogP contribution in [-0.4, -0.2) is 67.8 Å². The summed E-state index contributed by atoms with van der Waals surface area (Å²) in [5.74, 6) is 1.58. The molecule has 8 heteroatoms. The first kappa shape index (κ1) is 22.6. The van der Waals surface area contributed by atoms with Gasteiger partial charge in [0.2, 0.25) is 5.75 Å². The van der Waals surface area contributed by atoms with Crippen molar-refractivity contribution in [2.45, 2.75) is 19.5 Å². The smallest absolute Gasteiger partial charge is 0.268 e. The predicted molar refractivity (Wildman–Crippen MR) is 129 cm³/mol. The molecule has 0 N–H and O–H groups in total. The zero-order valence-corrected chi connectivity index (χ0v) is 19.8. The Kier molecular flexibility index (Phi) is 7.34. The van der Waals surface area contributed by atoms with E-state index in [1.807, 2.05) is 3.96 Å². The Morgan fingerprint density at radius 1 is 0.875 bits per heavy atom. The molecule has 1 aliphatic heterocycles. The van der Waals surface area contributed by atoms with Gasteiger partial charge >= 0.3 is 0 Å². The standard InChI is InChI=1S/C24H31N3O4S/c1-29-20-16-19-23(22(31-3)21(20)30-2)32-27(24(19)28)11-7-10-25-12-14-26(15-13-25)17-18-8-5-4-6-9-18/h4-6,8-9,16H,7,10-15,17H2,1-3H3. The van der Waals surface area contributed by atoms with Crippen molar-refractivity contribution in [3.63, 3.8) is 0 Å². The Morgan fingerprint density at radius 3 is 2.22 bits per heavy atom. The molecule has 2 aromatic carbocycles. The first-order valence-electron chi connectivity index (χ1n) is 11.0. The van der Waals surface area contributed by atoms with Crippen LogP contribution in [0.2, 0.25) is 0 Å². The molecule has 0 atom stereocenters. The van der Waals surface area contributed by atoms with Crippen molar-refractivity contribution in [2.75, 3.05) is 54.1 Å². The van der Waals surface area contributed by atoms with E-state index in [1.165, 1.54) is 17.1 Å². The van der Waals surface area contributed by atoms with E-state index in [0.29, 0.717) is 29.2 Å². The summed E-state index contributed by atoms with van der Waals surface area (Å²) in [6.45, 7) is 6.98. The Labute approximate surface area is 192 Å². The highest BCUT2D eigenvalue weighted by Crippen LogP contribution is 2.44. The van der Waals surface area contributed by atoms with Gasteiger partial charge in [-0.05, 0) is 24.6 Å². The third-order valence-electron chi connectivity index (χ3n) is 5.99. The van der Waals surface area contributed by atoms with Crippen LogP contribution in [0.25, 0.3) is 10.1 Å². The lowest BCUT2D eigenvalue weighted by Gasteiger charge is -2.34. The maximum atomic E-state index is 13.0. The van der Waals surface area contributed by atoms with E-state index < -0.39 is 0 Å². The first-order valence-corrected chi connectivity index (χ1v) is 11.7. The van der Waals surface area contributed by atoms with Gasteiger partial charge in [-0.1, -0.05) is 41.9 Å². The number of hydrogen-bond acceptors (Lipinski definition) is 7. The fourth-order valence-electron chi connectivity index (χ4n) is 4.26. The number of fused-ring (bicyclic) bond motifs is 1. The average molecular weight is 458 g/mol. The minimum atomic E-state index is -0.00284.